The van der Waals surface area contributed by atoms with Gasteiger partial charge >= 0.3 is 0 Å². The van der Waals surface area contributed by atoms with Crippen molar-refractivity contribution in [1.29, 1.82) is 0 Å². The van der Waals surface area contributed by atoms with Crippen molar-refractivity contribution in [3.8, 4) is 0 Å². The molecule has 0 aliphatic heterocycles. The summed E-state index contributed by atoms with van der Waals surface area (Å²) >= 11 is 0. The van der Waals surface area contributed by atoms with Crippen LogP contribution in [0.25, 0.3) is 0 Å². The van der Waals surface area contributed by atoms with E-state index in [2.05, 4.69) is 17.2 Å². The van der Waals surface area contributed by atoms with E-state index in [0.29, 0.717) is 0 Å². The Morgan fingerprint density at radius 3 is 2.56 bits per heavy atom. The van der Waals surface area contributed by atoms with Crippen molar-refractivity contribution < 1.29 is 4.39 Å². The van der Waals surface area contributed by atoms with Crippen LogP contribution in [0.4, 0.5) is 4.39 Å². The fourth-order valence-electron chi connectivity index (χ4n) is 2.03. The van der Waals surface area contributed by atoms with Gasteiger partial charge in [-0.25, -0.2) is 4.39 Å². The minimum absolute atomic E-state index is 0.0109. The van der Waals surface area contributed by atoms with Gasteiger partial charge < -0.3 is 5.32 Å². The van der Waals surface area contributed by atoms with Crippen LogP contribution in [0.15, 0.2) is 42.6 Å². The van der Waals surface area contributed by atoms with Gasteiger partial charge in [0.15, 0.2) is 0 Å². The van der Waals surface area contributed by atoms with E-state index in [0.717, 1.165) is 23.4 Å². The summed E-state index contributed by atoms with van der Waals surface area (Å²) in [5, 5.41) is 3.39. The number of benzene rings is 1. The molecule has 1 N–H and O–H groups in total. The van der Waals surface area contributed by atoms with Crippen LogP contribution >= 0.6 is 0 Å². The predicted octanol–water partition coefficient (Wildman–Crippen LogP) is 3.23. The largest absolute Gasteiger partial charge is 0.305 e. The number of aromatic nitrogens is 1. The second-order valence-electron chi connectivity index (χ2n) is 4.25. The molecule has 3 heteroatoms. The van der Waals surface area contributed by atoms with Gasteiger partial charge in [-0.05, 0) is 42.8 Å². The molecule has 2 nitrogen and oxygen atoms in total. The van der Waals surface area contributed by atoms with Gasteiger partial charge in [0.2, 0.25) is 0 Å². The molecule has 0 radical (unpaired) electrons. The zero-order valence-electron chi connectivity index (χ0n) is 10.7. The third kappa shape index (κ3) is 2.74. The molecule has 0 amide bonds. The normalized spacial score (nSPS) is 12.4. The molecule has 1 heterocycles. The molecule has 0 spiro atoms. The Balaban J connectivity index is 2.40. The second kappa shape index (κ2) is 5.74. The van der Waals surface area contributed by atoms with E-state index in [1.54, 1.807) is 18.3 Å². The minimum Gasteiger partial charge on any atom is -0.305 e. The lowest BCUT2D eigenvalue weighted by Crippen LogP contribution is -2.23. The van der Waals surface area contributed by atoms with E-state index in [9.17, 15) is 4.39 Å². The van der Waals surface area contributed by atoms with E-state index in [1.807, 2.05) is 19.1 Å². The highest BCUT2D eigenvalue weighted by atomic mass is 19.1. The Kier molecular flexibility index (Phi) is 4.05. The molecule has 1 aromatic heterocycles. The topological polar surface area (TPSA) is 24.9 Å². The van der Waals surface area contributed by atoms with Crippen molar-refractivity contribution in [3.05, 3.63) is 65.2 Å². The van der Waals surface area contributed by atoms with Crippen LogP contribution in [0.3, 0.4) is 0 Å². The number of aryl methyl sites for hydroxylation is 1. The molecule has 94 valence electrons. The van der Waals surface area contributed by atoms with Gasteiger partial charge in [0.25, 0.3) is 0 Å². The Morgan fingerprint density at radius 2 is 1.94 bits per heavy atom. The van der Waals surface area contributed by atoms with Gasteiger partial charge in [-0.3, -0.25) is 4.98 Å². The van der Waals surface area contributed by atoms with E-state index in [1.165, 1.54) is 12.1 Å². The maximum absolute atomic E-state index is 13.0. The Hall–Kier alpha value is -1.74. The van der Waals surface area contributed by atoms with Crippen molar-refractivity contribution in [2.24, 2.45) is 0 Å². The first-order valence-corrected chi connectivity index (χ1v) is 6.12. The molecule has 0 bridgehead atoms. The van der Waals surface area contributed by atoms with Crippen LogP contribution < -0.4 is 5.32 Å². The number of pyridine rings is 1. The smallest absolute Gasteiger partial charge is 0.123 e. The van der Waals surface area contributed by atoms with Crippen molar-refractivity contribution in [1.82, 2.24) is 10.3 Å². The zero-order chi connectivity index (χ0) is 13.0. The highest BCUT2D eigenvalue weighted by molar-refractivity contribution is 5.32. The SMILES string of the molecule is CCNC(c1ccc(F)cc1)c1ncccc1C. The van der Waals surface area contributed by atoms with Gasteiger partial charge in [0.05, 0.1) is 11.7 Å². The van der Waals surface area contributed by atoms with E-state index in [4.69, 9.17) is 0 Å². The molecule has 0 aliphatic rings. The van der Waals surface area contributed by atoms with Crippen molar-refractivity contribution in [3.63, 3.8) is 0 Å². The number of nitrogens with zero attached hydrogens (tertiary/aromatic N) is 1. The fourth-order valence-corrected chi connectivity index (χ4v) is 2.03. The van der Waals surface area contributed by atoms with Gasteiger partial charge in [-0.15, -0.1) is 0 Å². The number of rotatable bonds is 4. The van der Waals surface area contributed by atoms with E-state index < -0.39 is 0 Å². The molecule has 2 rings (SSSR count). The van der Waals surface area contributed by atoms with Crippen molar-refractivity contribution in [2.75, 3.05) is 6.54 Å². The van der Waals surface area contributed by atoms with Crippen LogP contribution in [0.1, 0.15) is 29.8 Å². The molecule has 1 atom stereocenters. The van der Waals surface area contributed by atoms with Crippen molar-refractivity contribution >= 4 is 0 Å². The lowest BCUT2D eigenvalue weighted by Gasteiger charge is -2.19. The number of nitrogens with one attached hydrogen (secondary N) is 1. The molecular weight excluding hydrogens is 227 g/mol. The Morgan fingerprint density at radius 1 is 1.22 bits per heavy atom. The number of hydrogen-bond acceptors (Lipinski definition) is 2. The van der Waals surface area contributed by atoms with Gasteiger partial charge in [0, 0.05) is 6.20 Å². The fraction of sp³-hybridized carbons (Fsp3) is 0.267. The maximum atomic E-state index is 13.0. The van der Waals surface area contributed by atoms with Crippen LogP contribution in [-0.4, -0.2) is 11.5 Å². The highest BCUT2D eigenvalue weighted by Gasteiger charge is 2.16. The molecule has 0 saturated carbocycles. The summed E-state index contributed by atoms with van der Waals surface area (Å²) in [5.74, 6) is -0.216. The summed E-state index contributed by atoms with van der Waals surface area (Å²) in [6.45, 7) is 4.92. The summed E-state index contributed by atoms with van der Waals surface area (Å²) in [6, 6.07) is 10.5. The minimum atomic E-state index is -0.216. The van der Waals surface area contributed by atoms with Crippen LogP contribution in [0.5, 0.6) is 0 Å². The van der Waals surface area contributed by atoms with Gasteiger partial charge in [-0.1, -0.05) is 25.1 Å². The molecule has 0 fully saturated rings. The first-order valence-electron chi connectivity index (χ1n) is 6.12. The lowest BCUT2D eigenvalue weighted by molar-refractivity contribution is 0.603. The second-order valence-corrected chi connectivity index (χ2v) is 4.25. The van der Waals surface area contributed by atoms with Crippen LogP contribution in [0, 0.1) is 12.7 Å². The summed E-state index contributed by atoms with van der Waals surface area (Å²) in [5.41, 5.74) is 3.15. The first-order chi connectivity index (χ1) is 8.72. The summed E-state index contributed by atoms with van der Waals surface area (Å²) in [7, 11) is 0. The number of halogens is 1. The zero-order valence-corrected chi connectivity index (χ0v) is 10.7. The standard InChI is InChI=1S/C15H17FN2/c1-3-17-15(12-6-8-13(16)9-7-12)14-11(2)5-4-10-18-14/h4-10,15,17H,3H2,1-2H3. The molecule has 0 aliphatic carbocycles. The molecule has 0 saturated heterocycles. The van der Waals surface area contributed by atoms with Crippen LogP contribution in [0.2, 0.25) is 0 Å². The van der Waals surface area contributed by atoms with E-state index >= 15 is 0 Å². The Bertz CT molecular complexity index is 508. The average Bonchev–Trinajstić information content (AvgIpc) is 2.38. The molecular formula is C15H17FN2. The molecule has 1 unspecified atom stereocenters. The average molecular weight is 244 g/mol. The molecule has 1 aromatic carbocycles. The quantitative estimate of drug-likeness (QED) is 0.893. The number of hydrogen-bond donors (Lipinski definition) is 1. The van der Waals surface area contributed by atoms with Crippen molar-refractivity contribution in [2.45, 2.75) is 19.9 Å². The summed E-state index contributed by atoms with van der Waals surface area (Å²) < 4.78 is 13.0. The molecule has 2 aromatic rings. The molecule has 18 heavy (non-hydrogen) atoms. The lowest BCUT2D eigenvalue weighted by atomic mass is 10.00. The van der Waals surface area contributed by atoms with E-state index in [-0.39, 0.29) is 11.9 Å². The first kappa shape index (κ1) is 12.7. The Labute approximate surface area is 107 Å². The summed E-state index contributed by atoms with van der Waals surface area (Å²) in [6.07, 6.45) is 1.79. The summed E-state index contributed by atoms with van der Waals surface area (Å²) in [4.78, 5) is 4.44. The predicted molar refractivity (Wildman–Crippen MR) is 70.9 cm³/mol. The van der Waals surface area contributed by atoms with Gasteiger partial charge in [0.1, 0.15) is 5.82 Å². The third-order valence-electron chi connectivity index (χ3n) is 2.93. The highest BCUT2D eigenvalue weighted by Crippen LogP contribution is 2.22. The van der Waals surface area contributed by atoms with Gasteiger partial charge in [-0.2, -0.15) is 0 Å². The third-order valence-corrected chi connectivity index (χ3v) is 2.93. The monoisotopic (exact) mass is 244 g/mol. The maximum Gasteiger partial charge on any atom is 0.123 e. The van der Waals surface area contributed by atoms with Crippen LogP contribution in [-0.2, 0) is 0 Å².